The first kappa shape index (κ1) is 21.2. The van der Waals surface area contributed by atoms with Crippen LogP contribution in [0.1, 0.15) is 30.3 Å². The average Bonchev–Trinajstić information content (AvgIpc) is 3.11. The summed E-state index contributed by atoms with van der Waals surface area (Å²) in [6.45, 7) is 1.94. The molecule has 1 aromatic heterocycles. The van der Waals surface area contributed by atoms with Crippen molar-refractivity contribution in [2.75, 3.05) is 12.4 Å². The Morgan fingerprint density at radius 1 is 1.29 bits per heavy atom. The number of hydrogen-bond acceptors (Lipinski definition) is 5. The van der Waals surface area contributed by atoms with Gasteiger partial charge in [0.05, 0.1) is 13.2 Å². The third-order valence-electron chi connectivity index (χ3n) is 3.94. The number of benzene rings is 1. The molecule has 1 fully saturated rings. The van der Waals surface area contributed by atoms with Crippen molar-refractivity contribution >= 4 is 17.5 Å². The molecule has 1 aromatic carbocycles. The van der Waals surface area contributed by atoms with E-state index >= 15 is 0 Å². The Bertz CT molecular complexity index is 848. The van der Waals surface area contributed by atoms with E-state index in [4.69, 9.17) is 10.5 Å². The molecule has 28 heavy (non-hydrogen) atoms. The minimum absolute atomic E-state index is 0.0694. The predicted molar refractivity (Wildman–Crippen MR) is 97.9 cm³/mol. The Hall–Kier alpha value is -3.07. The van der Waals surface area contributed by atoms with Gasteiger partial charge in [0.1, 0.15) is 11.8 Å². The van der Waals surface area contributed by atoms with Crippen LogP contribution in [-0.4, -0.2) is 36.1 Å². The zero-order valence-electron chi connectivity index (χ0n) is 15.4. The monoisotopic (exact) mass is 393 g/mol. The van der Waals surface area contributed by atoms with Crippen molar-refractivity contribution in [1.82, 2.24) is 4.98 Å². The number of aromatic nitrogens is 1. The summed E-state index contributed by atoms with van der Waals surface area (Å²) < 4.78 is 34.8. The lowest BCUT2D eigenvalue weighted by molar-refractivity contribution is -0.126. The number of rotatable bonds is 4. The molecule has 1 saturated heterocycles. The third kappa shape index (κ3) is 5.71. The Balaban J connectivity index is 0.000000237. The van der Waals surface area contributed by atoms with Gasteiger partial charge >= 0.3 is 0 Å². The van der Waals surface area contributed by atoms with Gasteiger partial charge in [-0.3, -0.25) is 14.6 Å². The number of carbonyl (C=O) groups is 2. The summed E-state index contributed by atoms with van der Waals surface area (Å²) in [4.78, 5) is 26.6. The van der Waals surface area contributed by atoms with Gasteiger partial charge in [-0.1, -0.05) is 6.07 Å². The van der Waals surface area contributed by atoms with Crippen LogP contribution in [0.2, 0.25) is 0 Å². The first-order chi connectivity index (χ1) is 13.3. The highest BCUT2D eigenvalue weighted by Crippen LogP contribution is 2.20. The lowest BCUT2D eigenvalue weighted by Crippen LogP contribution is -2.28. The minimum atomic E-state index is -0.940. The van der Waals surface area contributed by atoms with Crippen LogP contribution in [0.3, 0.4) is 0 Å². The maximum absolute atomic E-state index is 12.5. The molecule has 2 atom stereocenters. The molecular weight excluding hydrogens is 372 g/mol. The summed E-state index contributed by atoms with van der Waals surface area (Å²) >= 11 is 0. The van der Waals surface area contributed by atoms with E-state index in [2.05, 4.69) is 15.0 Å². The van der Waals surface area contributed by atoms with Gasteiger partial charge in [0.2, 0.25) is 5.82 Å². The summed E-state index contributed by atoms with van der Waals surface area (Å²) in [6, 6.07) is 6.83. The summed E-state index contributed by atoms with van der Waals surface area (Å²) in [5.74, 6) is -2.73. The number of pyridine rings is 1. The molecule has 2 heterocycles. The Labute approximate surface area is 160 Å². The number of primary amides is 1. The Kier molecular flexibility index (Phi) is 7.39. The Morgan fingerprint density at radius 2 is 2.04 bits per heavy atom. The molecule has 1 aliphatic rings. The van der Waals surface area contributed by atoms with E-state index in [9.17, 15) is 18.4 Å². The smallest absolute Gasteiger partial charge is 0.267 e. The van der Waals surface area contributed by atoms with Crippen LogP contribution in [0.15, 0.2) is 36.5 Å². The number of hydrogen-bond donors (Lipinski definition) is 2. The van der Waals surface area contributed by atoms with Crippen LogP contribution in [0.5, 0.6) is 5.75 Å². The van der Waals surface area contributed by atoms with E-state index in [-0.39, 0.29) is 23.5 Å². The second-order valence-corrected chi connectivity index (χ2v) is 6.05. The van der Waals surface area contributed by atoms with Crippen LogP contribution in [0.25, 0.3) is 0 Å². The highest BCUT2D eigenvalue weighted by molar-refractivity contribution is 5.96. The van der Waals surface area contributed by atoms with Gasteiger partial charge in [-0.05, 0) is 44.0 Å². The summed E-state index contributed by atoms with van der Waals surface area (Å²) in [5, 5.41) is 2.69. The van der Waals surface area contributed by atoms with Gasteiger partial charge < -0.3 is 20.5 Å². The zero-order valence-corrected chi connectivity index (χ0v) is 15.4. The molecule has 0 bridgehead atoms. The largest absolute Gasteiger partial charge is 0.494 e. The first-order valence-electron chi connectivity index (χ1n) is 8.52. The number of nitrogens with one attached hydrogen (secondary N) is 1. The first-order valence-corrected chi connectivity index (χ1v) is 8.52. The fraction of sp³-hybridized carbons (Fsp3) is 0.316. The highest BCUT2D eigenvalue weighted by atomic mass is 19.2. The van der Waals surface area contributed by atoms with Gasteiger partial charge in [-0.2, -0.15) is 4.39 Å². The normalized spacial score (nSPS) is 18.0. The summed E-state index contributed by atoms with van der Waals surface area (Å²) in [6.07, 6.45) is 2.69. The van der Waals surface area contributed by atoms with E-state index in [0.717, 1.165) is 12.5 Å². The molecule has 2 aromatic rings. The van der Waals surface area contributed by atoms with E-state index in [1.165, 1.54) is 31.5 Å². The molecule has 0 saturated carbocycles. The standard InChI is InChI=1S/C12H15N3O3.C7H6F2O/c1-7-2-3-10(18-7)12(17)15-8-4-5-14-9(6-8)11(13)16;1-10-6-4-2-3-5(8)7(6)9/h4-7,10H,2-3H2,1H3,(H2,13,16)(H,14,15,17);2-4H,1H3. The molecule has 1 aliphatic heterocycles. The fourth-order valence-corrected chi connectivity index (χ4v) is 2.50. The SMILES string of the molecule is CC1CCC(C(=O)Nc2ccnc(C(N)=O)c2)O1.COc1cccc(F)c1F. The average molecular weight is 393 g/mol. The van der Waals surface area contributed by atoms with Crippen molar-refractivity contribution in [2.45, 2.75) is 32.0 Å². The number of carbonyl (C=O) groups excluding carboxylic acids is 2. The van der Waals surface area contributed by atoms with Crippen molar-refractivity contribution in [2.24, 2.45) is 5.73 Å². The second kappa shape index (κ2) is 9.75. The van der Waals surface area contributed by atoms with E-state index < -0.39 is 23.6 Å². The molecule has 9 heteroatoms. The van der Waals surface area contributed by atoms with E-state index in [0.29, 0.717) is 12.1 Å². The molecular formula is C19H21F2N3O4. The number of halogens is 2. The maximum Gasteiger partial charge on any atom is 0.267 e. The molecule has 150 valence electrons. The van der Waals surface area contributed by atoms with E-state index in [1.807, 2.05) is 6.92 Å². The van der Waals surface area contributed by atoms with Crippen LogP contribution in [0, 0.1) is 11.6 Å². The number of amides is 2. The van der Waals surface area contributed by atoms with Crippen LogP contribution >= 0.6 is 0 Å². The summed E-state index contributed by atoms with van der Waals surface area (Å²) in [7, 11) is 1.29. The molecule has 3 rings (SSSR count). The number of nitrogens with zero attached hydrogens (tertiary/aromatic N) is 1. The van der Waals surface area contributed by atoms with Gasteiger partial charge in [0.25, 0.3) is 11.8 Å². The van der Waals surface area contributed by atoms with E-state index in [1.54, 1.807) is 6.07 Å². The van der Waals surface area contributed by atoms with Crippen molar-refractivity contribution in [3.05, 3.63) is 53.9 Å². The van der Waals surface area contributed by atoms with Crippen molar-refractivity contribution < 1.29 is 27.8 Å². The maximum atomic E-state index is 12.5. The molecule has 2 amide bonds. The zero-order chi connectivity index (χ0) is 20.7. The topological polar surface area (TPSA) is 104 Å². The predicted octanol–water partition coefficient (Wildman–Crippen LogP) is 2.66. The quantitative estimate of drug-likeness (QED) is 0.831. The van der Waals surface area contributed by atoms with Crippen molar-refractivity contribution in [3.8, 4) is 5.75 Å². The van der Waals surface area contributed by atoms with Crippen LogP contribution in [0.4, 0.5) is 14.5 Å². The van der Waals surface area contributed by atoms with Gasteiger partial charge in [-0.15, -0.1) is 0 Å². The van der Waals surface area contributed by atoms with Crippen LogP contribution in [-0.2, 0) is 9.53 Å². The van der Waals surface area contributed by atoms with Gasteiger partial charge in [0.15, 0.2) is 11.6 Å². The molecule has 2 unspecified atom stereocenters. The fourth-order valence-electron chi connectivity index (χ4n) is 2.50. The Morgan fingerprint density at radius 3 is 2.61 bits per heavy atom. The lowest BCUT2D eigenvalue weighted by Gasteiger charge is -2.11. The summed E-state index contributed by atoms with van der Waals surface area (Å²) in [5.41, 5.74) is 5.73. The number of anilines is 1. The minimum Gasteiger partial charge on any atom is -0.494 e. The molecule has 7 nitrogen and oxygen atoms in total. The second-order valence-electron chi connectivity index (χ2n) is 6.05. The van der Waals surface area contributed by atoms with Crippen molar-refractivity contribution in [1.29, 1.82) is 0 Å². The number of methoxy groups -OCH3 is 1. The molecule has 0 radical (unpaired) electrons. The highest BCUT2D eigenvalue weighted by Gasteiger charge is 2.28. The molecule has 0 spiro atoms. The number of ether oxygens (including phenoxy) is 2. The third-order valence-corrected chi connectivity index (χ3v) is 3.94. The number of nitrogens with two attached hydrogens (primary N) is 1. The molecule has 3 N–H and O–H groups in total. The molecule has 0 aliphatic carbocycles. The van der Waals surface area contributed by atoms with Gasteiger partial charge in [0, 0.05) is 11.9 Å². The van der Waals surface area contributed by atoms with Gasteiger partial charge in [-0.25, -0.2) is 4.39 Å². The lowest BCUT2D eigenvalue weighted by atomic mass is 10.2. The van der Waals surface area contributed by atoms with Crippen LogP contribution < -0.4 is 15.8 Å². The van der Waals surface area contributed by atoms with Crippen molar-refractivity contribution in [3.63, 3.8) is 0 Å².